The summed E-state index contributed by atoms with van der Waals surface area (Å²) in [5.74, 6) is 0.527. The van der Waals surface area contributed by atoms with Crippen LogP contribution in [0.5, 0.6) is 11.5 Å². The minimum atomic E-state index is -4.40. The predicted octanol–water partition coefficient (Wildman–Crippen LogP) is 1.62. The van der Waals surface area contributed by atoms with Crippen LogP contribution in [0.2, 0.25) is 0 Å². The smallest absolute Gasteiger partial charge is 0.405 e. The molecule has 1 saturated heterocycles. The number of alkyl halides is 3. The van der Waals surface area contributed by atoms with Crippen LogP contribution in [0.1, 0.15) is 5.56 Å². The molecule has 154 valence electrons. The molecule has 1 fully saturated rings. The number of amides is 1. The Kier molecular flexibility index (Phi) is 9.14. The first-order valence-corrected chi connectivity index (χ1v) is 8.34. The Morgan fingerprint density at radius 3 is 2.48 bits per heavy atom. The summed E-state index contributed by atoms with van der Waals surface area (Å²) in [6.07, 6.45) is -4.50. The molecule has 0 bridgehead atoms. The van der Waals surface area contributed by atoms with Gasteiger partial charge in [0.2, 0.25) is 5.91 Å². The number of ether oxygens (including phenoxy) is 2. The number of hydrogen-bond acceptors (Lipinski definition) is 5. The molecule has 0 aliphatic carbocycles. The Bertz CT molecular complexity index is 611. The zero-order chi connectivity index (χ0) is 19.2. The topological polar surface area (TPSA) is 62.8 Å². The van der Waals surface area contributed by atoms with Crippen molar-refractivity contribution in [3.05, 3.63) is 23.8 Å². The van der Waals surface area contributed by atoms with Crippen LogP contribution >= 0.6 is 12.4 Å². The summed E-state index contributed by atoms with van der Waals surface area (Å²) in [7, 11) is 2.96. The molecular formula is C17H25ClF3N3O3. The van der Waals surface area contributed by atoms with Crippen molar-refractivity contribution in [2.45, 2.75) is 18.6 Å². The third-order valence-electron chi connectivity index (χ3n) is 4.30. The largest absolute Gasteiger partial charge is 0.497 e. The Morgan fingerprint density at radius 1 is 1.26 bits per heavy atom. The lowest BCUT2D eigenvalue weighted by Crippen LogP contribution is -2.57. The van der Waals surface area contributed by atoms with Gasteiger partial charge in [-0.25, -0.2) is 0 Å². The van der Waals surface area contributed by atoms with Crippen molar-refractivity contribution < 1.29 is 27.4 Å². The van der Waals surface area contributed by atoms with Crippen LogP contribution in [-0.4, -0.2) is 70.0 Å². The average molecular weight is 412 g/mol. The summed E-state index contributed by atoms with van der Waals surface area (Å²) >= 11 is 0. The highest BCUT2D eigenvalue weighted by Gasteiger charge is 2.43. The third-order valence-corrected chi connectivity index (χ3v) is 4.30. The fourth-order valence-electron chi connectivity index (χ4n) is 2.91. The van der Waals surface area contributed by atoms with Crippen molar-refractivity contribution in [2.75, 3.05) is 46.9 Å². The lowest BCUT2D eigenvalue weighted by atomic mass is 10.1. The highest BCUT2D eigenvalue weighted by Crippen LogP contribution is 2.26. The normalized spacial score (nSPS) is 16.2. The molecule has 1 unspecified atom stereocenters. The molecule has 2 N–H and O–H groups in total. The maximum absolute atomic E-state index is 13.3. The van der Waals surface area contributed by atoms with E-state index in [-0.39, 0.29) is 18.8 Å². The maximum Gasteiger partial charge on any atom is 0.405 e. The highest BCUT2D eigenvalue weighted by molar-refractivity contribution is 5.85. The molecule has 1 aliphatic heterocycles. The zero-order valence-electron chi connectivity index (χ0n) is 15.3. The van der Waals surface area contributed by atoms with E-state index in [4.69, 9.17) is 9.47 Å². The van der Waals surface area contributed by atoms with Gasteiger partial charge in [-0.3, -0.25) is 9.69 Å². The summed E-state index contributed by atoms with van der Waals surface area (Å²) in [6, 6.07) is 3.28. The first kappa shape index (κ1) is 23.3. The molecule has 2 rings (SSSR count). The van der Waals surface area contributed by atoms with Gasteiger partial charge in [-0.05, 0) is 18.2 Å². The van der Waals surface area contributed by atoms with Crippen LogP contribution in [0.4, 0.5) is 13.2 Å². The molecule has 0 spiro atoms. The van der Waals surface area contributed by atoms with Gasteiger partial charge in [0.15, 0.2) is 0 Å². The molecule has 1 aromatic rings. The van der Waals surface area contributed by atoms with Gasteiger partial charge in [-0.15, -0.1) is 12.4 Å². The van der Waals surface area contributed by atoms with Gasteiger partial charge in [-0.1, -0.05) is 0 Å². The number of halogens is 4. The van der Waals surface area contributed by atoms with E-state index in [0.29, 0.717) is 43.2 Å². The number of rotatable bonds is 7. The Labute approximate surface area is 162 Å². The minimum absolute atomic E-state index is 0. The minimum Gasteiger partial charge on any atom is -0.497 e. The first-order valence-electron chi connectivity index (χ1n) is 8.34. The van der Waals surface area contributed by atoms with Gasteiger partial charge in [-0.2, -0.15) is 13.2 Å². The standard InChI is InChI=1S/C17H24F3N3O3.ClH/c1-25-13-3-4-14(26-2)12(9-13)10-16(24)22-11-15(17(18,19)20)23-7-5-21-6-8-23;/h3-4,9,15,21H,5-8,10-11H2,1-2H3,(H,22,24);1H. The molecule has 1 atom stereocenters. The SMILES string of the molecule is COc1ccc(OC)c(CC(=O)NCC(N2CCNCC2)C(F)(F)F)c1.Cl. The molecule has 0 aromatic heterocycles. The Morgan fingerprint density at radius 2 is 1.93 bits per heavy atom. The van der Waals surface area contributed by atoms with E-state index in [9.17, 15) is 18.0 Å². The quantitative estimate of drug-likeness (QED) is 0.714. The molecule has 1 heterocycles. The van der Waals surface area contributed by atoms with E-state index in [0.717, 1.165) is 0 Å². The molecule has 1 aliphatic rings. The number of piperazine rings is 1. The van der Waals surface area contributed by atoms with Gasteiger partial charge in [0, 0.05) is 38.3 Å². The predicted molar refractivity (Wildman–Crippen MR) is 97.8 cm³/mol. The molecule has 6 nitrogen and oxygen atoms in total. The fourth-order valence-corrected chi connectivity index (χ4v) is 2.91. The third kappa shape index (κ3) is 6.75. The lowest BCUT2D eigenvalue weighted by Gasteiger charge is -2.35. The number of nitrogens with one attached hydrogen (secondary N) is 2. The zero-order valence-corrected chi connectivity index (χ0v) is 16.1. The van der Waals surface area contributed by atoms with Crippen molar-refractivity contribution in [3.8, 4) is 11.5 Å². The van der Waals surface area contributed by atoms with Gasteiger partial charge in [0.25, 0.3) is 0 Å². The molecular weight excluding hydrogens is 387 g/mol. The van der Waals surface area contributed by atoms with Crippen LogP contribution in [0, 0.1) is 0 Å². The van der Waals surface area contributed by atoms with E-state index in [1.54, 1.807) is 18.2 Å². The Hall–Kier alpha value is -1.71. The molecule has 0 radical (unpaired) electrons. The van der Waals surface area contributed by atoms with Crippen molar-refractivity contribution in [2.24, 2.45) is 0 Å². The summed E-state index contributed by atoms with van der Waals surface area (Å²) in [4.78, 5) is 13.5. The van der Waals surface area contributed by atoms with Crippen LogP contribution < -0.4 is 20.1 Å². The van der Waals surface area contributed by atoms with E-state index < -0.39 is 24.7 Å². The molecule has 10 heteroatoms. The van der Waals surface area contributed by atoms with Crippen LogP contribution in [0.25, 0.3) is 0 Å². The maximum atomic E-state index is 13.3. The van der Waals surface area contributed by atoms with E-state index in [2.05, 4.69) is 10.6 Å². The summed E-state index contributed by atoms with van der Waals surface area (Å²) in [5.41, 5.74) is 0.551. The second kappa shape index (κ2) is 10.6. The summed E-state index contributed by atoms with van der Waals surface area (Å²) in [5, 5.41) is 5.43. The number of benzene rings is 1. The number of nitrogens with zero attached hydrogens (tertiary/aromatic N) is 1. The van der Waals surface area contributed by atoms with E-state index >= 15 is 0 Å². The lowest BCUT2D eigenvalue weighted by molar-refractivity contribution is -0.184. The van der Waals surface area contributed by atoms with Crippen LogP contribution in [0.3, 0.4) is 0 Å². The molecule has 1 aromatic carbocycles. The van der Waals surface area contributed by atoms with E-state index in [1.165, 1.54) is 19.1 Å². The van der Waals surface area contributed by atoms with Crippen molar-refractivity contribution >= 4 is 18.3 Å². The average Bonchev–Trinajstić information content (AvgIpc) is 2.61. The summed E-state index contributed by atoms with van der Waals surface area (Å²) < 4.78 is 50.3. The molecule has 1 amide bonds. The second-order valence-corrected chi connectivity index (χ2v) is 6.00. The number of hydrogen-bond donors (Lipinski definition) is 2. The fraction of sp³-hybridized carbons (Fsp3) is 0.588. The Balaban J connectivity index is 0.00000364. The van der Waals surface area contributed by atoms with Crippen molar-refractivity contribution in [1.82, 2.24) is 15.5 Å². The van der Waals surface area contributed by atoms with Gasteiger partial charge in [0.05, 0.1) is 20.6 Å². The van der Waals surface area contributed by atoms with Gasteiger partial charge >= 0.3 is 6.18 Å². The van der Waals surface area contributed by atoms with Crippen molar-refractivity contribution in [1.29, 1.82) is 0 Å². The summed E-state index contributed by atoms with van der Waals surface area (Å²) in [6.45, 7) is 1.12. The number of carbonyl (C=O) groups excluding carboxylic acids is 1. The highest BCUT2D eigenvalue weighted by atomic mass is 35.5. The van der Waals surface area contributed by atoms with E-state index in [1.807, 2.05) is 0 Å². The van der Waals surface area contributed by atoms with Crippen molar-refractivity contribution in [3.63, 3.8) is 0 Å². The van der Waals surface area contributed by atoms with Gasteiger partial charge < -0.3 is 20.1 Å². The molecule has 0 saturated carbocycles. The van der Waals surface area contributed by atoms with Gasteiger partial charge in [0.1, 0.15) is 17.5 Å². The number of methoxy groups -OCH3 is 2. The monoisotopic (exact) mass is 411 g/mol. The molecule has 27 heavy (non-hydrogen) atoms. The number of carbonyl (C=O) groups is 1. The first-order chi connectivity index (χ1) is 12.3. The second-order valence-electron chi connectivity index (χ2n) is 6.00. The van der Waals surface area contributed by atoms with Crippen LogP contribution in [-0.2, 0) is 11.2 Å². The van der Waals surface area contributed by atoms with Crippen LogP contribution in [0.15, 0.2) is 18.2 Å².